The Morgan fingerprint density at radius 3 is 2.81 bits per heavy atom. The number of nitrogens with one attached hydrogen (secondary N) is 1. The summed E-state index contributed by atoms with van der Waals surface area (Å²) >= 11 is 1.61. The summed E-state index contributed by atoms with van der Waals surface area (Å²) in [4.78, 5) is 27.8. The van der Waals surface area contributed by atoms with Gasteiger partial charge in [0.2, 0.25) is 0 Å². The zero-order chi connectivity index (χ0) is 26.1. The van der Waals surface area contributed by atoms with E-state index in [0.717, 1.165) is 31.0 Å². The number of amides is 1. The van der Waals surface area contributed by atoms with Crippen LogP contribution >= 0.6 is 11.8 Å². The minimum Gasteiger partial charge on any atom is -0.493 e. The molecule has 4 atom stereocenters. The monoisotopic (exact) mass is 518 g/mol. The molecular weight excluding hydrogens is 480 g/mol. The molecule has 1 aromatic rings. The molecule has 0 bridgehead atoms. The fourth-order valence-corrected chi connectivity index (χ4v) is 5.79. The zero-order valence-corrected chi connectivity index (χ0v) is 22.9. The van der Waals surface area contributed by atoms with E-state index in [2.05, 4.69) is 29.4 Å². The Bertz CT molecular complexity index is 1020. The maximum absolute atomic E-state index is 13.1. The number of nitrogens with zero attached hydrogens (tertiary/aromatic N) is 1. The standard InChI is InChI=1S/C27H38N2O6S/c1-26(2,3)35-25(31)28-19(10-14-36-6)24(30)33-18-9-11-27-12-13-29(4)16-17-7-8-20(32-5)23(22(17)27)34-21(27)15-18/h7-9,11,18-19,21H,10,12-16H2,1-6H3,(H,28,31)/t18-,19+,21-,27-/m0/s1. The summed E-state index contributed by atoms with van der Waals surface area (Å²) in [6, 6.07) is 3.32. The van der Waals surface area contributed by atoms with E-state index >= 15 is 0 Å². The number of rotatable bonds is 7. The first-order valence-corrected chi connectivity index (χ1v) is 13.9. The van der Waals surface area contributed by atoms with Crippen molar-refractivity contribution in [3.05, 3.63) is 35.4 Å². The molecule has 9 heteroatoms. The van der Waals surface area contributed by atoms with E-state index < -0.39 is 29.8 Å². The third kappa shape index (κ3) is 5.47. The maximum atomic E-state index is 13.1. The predicted molar refractivity (Wildman–Crippen MR) is 140 cm³/mol. The lowest BCUT2D eigenvalue weighted by atomic mass is 9.69. The SMILES string of the molecule is COc1ccc2c3c1O[C@H]1C[C@@H](OC(=O)[C@@H](CCSC)NC(=O)OC(C)(C)C)C=C[C@@]31CCN(C)C2. The molecule has 0 radical (unpaired) electrons. The van der Waals surface area contributed by atoms with Crippen molar-refractivity contribution in [2.24, 2.45) is 0 Å². The first-order valence-electron chi connectivity index (χ1n) is 12.5. The van der Waals surface area contributed by atoms with Crippen molar-refractivity contribution in [3.63, 3.8) is 0 Å². The molecule has 36 heavy (non-hydrogen) atoms. The van der Waals surface area contributed by atoms with Gasteiger partial charge < -0.3 is 29.2 Å². The van der Waals surface area contributed by atoms with E-state index in [4.69, 9.17) is 18.9 Å². The summed E-state index contributed by atoms with van der Waals surface area (Å²) in [6.45, 7) is 7.15. The van der Waals surface area contributed by atoms with Gasteiger partial charge in [-0.1, -0.05) is 12.1 Å². The van der Waals surface area contributed by atoms with Gasteiger partial charge in [0.1, 0.15) is 23.9 Å². The highest BCUT2D eigenvalue weighted by Gasteiger charge is 2.53. The molecule has 1 aliphatic carbocycles. The molecule has 3 aliphatic rings. The Morgan fingerprint density at radius 2 is 2.11 bits per heavy atom. The molecule has 198 valence electrons. The number of carbonyl (C=O) groups is 2. The summed E-state index contributed by atoms with van der Waals surface area (Å²) in [7, 11) is 3.79. The quantitative estimate of drug-likeness (QED) is 0.428. The summed E-state index contributed by atoms with van der Waals surface area (Å²) in [5, 5.41) is 2.70. The number of alkyl carbamates (subject to hydrolysis) is 1. The Hall–Kier alpha value is -2.39. The maximum Gasteiger partial charge on any atom is 0.408 e. The van der Waals surface area contributed by atoms with Gasteiger partial charge in [-0.3, -0.25) is 0 Å². The van der Waals surface area contributed by atoms with Gasteiger partial charge in [-0.25, -0.2) is 9.59 Å². The van der Waals surface area contributed by atoms with Gasteiger partial charge in [0.15, 0.2) is 11.5 Å². The number of hydrogen-bond donors (Lipinski definition) is 1. The van der Waals surface area contributed by atoms with Crippen LogP contribution in [-0.4, -0.2) is 73.5 Å². The molecule has 0 unspecified atom stereocenters. The van der Waals surface area contributed by atoms with Gasteiger partial charge in [-0.05, 0) is 76.9 Å². The van der Waals surface area contributed by atoms with Crippen molar-refractivity contribution >= 4 is 23.8 Å². The van der Waals surface area contributed by atoms with Crippen molar-refractivity contribution in [1.82, 2.24) is 10.2 Å². The van der Waals surface area contributed by atoms with Crippen LogP contribution < -0.4 is 14.8 Å². The van der Waals surface area contributed by atoms with Crippen LogP contribution in [0.4, 0.5) is 4.79 Å². The van der Waals surface area contributed by atoms with Gasteiger partial charge >= 0.3 is 12.1 Å². The first-order chi connectivity index (χ1) is 17.1. The average molecular weight is 519 g/mol. The summed E-state index contributed by atoms with van der Waals surface area (Å²) in [6.07, 6.45) is 6.78. The molecule has 0 aromatic heterocycles. The van der Waals surface area contributed by atoms with Crippen LogP contribution in [0.1, 0.15) is 51.2 Å². The molecule has 1 spiro atoms. The second-order valence-electron chi connectivity index (χ2n) is 10.8. The molecule has 8 nitrogen and oxygen atoms in total. The van der Waals surface area contributed by atoms with Crippen molar-refractivity contribution < 1.29 is 28.5 Å². The molecule has 1 amide bonds. The van der Waals surface area contributed by atoms with Crippen LogP contribution in [-0.2, 0) is 26.2 Å². The number of benzene rings is 1. The molecule has 1 aromatic carbocycles. The van der Waals surface area contributed by atoms with Crippen LogP contribution in [0.3, 0.4) is 0 Å². The molecular formula is C27H38N2O6S. The number of hydrogen-bond acceptors (Lipinski definition) is 8. The largest absolute Gasteiger partial charge is 0.493 e. The van der Waals surface area contributed by atoms with Crippen LogP contribution in [0.2, 0.25) is 0 Å². The zero-order valence-electron chi connectivity index (χ0n) is 22.1. The van der Waals surface area contributed by atoms with Crippen LogP contribution in [0.15, 0.2) is 24.3 Å². The lowest BCUT2D eigenvalue weighted by Crippen LogP contribution is -2.47. The molecule has 0 saturated carbocycles. The van der Waals surface area contributed by atoms with E-state index in [1.165, 1.54) is 11.1 Å². The topological polar surface area (TPSA) is 86.3 Å². The number of esters is 1. The summed E-state index contributed by atoms with van der Waals surface area (Å²) in [5.74, 6) is 1.77. The van der Waals surface area contributed by atoms with E-state index in [0.29, 0.717) is 18.6 Å². The number of ether oxygens (including phenoxy) is 4. The fourth-order valence-electron chi connectivity index (χ4n) is 5.32. The van der Waals surface area contributed by atoms with Gasteiger partial charge in [0.05, 0.1) is 12.5 Å². The predicted octanol–water partition coefficient (Wildman–Crippen LogP) is 4.05. The molecule has 1 N–H and O–H groups in total. The van der Waals surface area contributed by atoms with Crippen LogP contribution in [0, 0.1) is 0 Å². The van der Waals surface area contributed by atoms with Gasteiger partial charge in [-0.2, -0.15) is 11.8 Å². The number of thioether (sulfide) groups is 1. The van der Waals surface area contributed by atoms with Crippen LogP contribution in [0.25, 0.3) is 0 Å². The lowest BCUT2D eigenvalue weighted by Gasteiger charge is -2.37. The number of methoxy groups -OCH3 is 1. The first kappa shape index (κ1) is 26.7. The van der Waals surface area contributed by atoms with E-state index in [-0.39, 0.29) is 11.5 Å². The highest BCUT2D eigenvalue weighted by molar-refractivity contribution is 7.98. The Labute approximate surface area is 218 Å². The van der Waals surface area contributed by atoms with E-state index in [9.17, 15) is 9.59 Å². The molecule has 2 heterocycles. The smallest absolute Gasteiger partial charge is 0.408 e. The van der Waals surface area contributed by atoms with Crippen LogP contribution in [0.5, 0.6) is 11.5 Å². The van der Waals surface area contributed by atoms with Gasteiger partial charge in [-0.15, -0.1) is 0 Å². The normalized spacial score (nSPS) is 25.6. The molecule has 0 saturated heterocycles. The van der Waals surface area contributed by atoms with Gasteiger partial charge in [0.25, 0.3) is 0 Å². The van der Waals surface area contributed by atoms with Crippen molar-refractivity contribution in [2.75, 3.05) is 32.7 Å². The second kappa shape index (κ2) is 10.5. The number of carbonyl (C=O) groups excluding carboxylic acids is 2. The lowest BCUT2D eigenvalue weighted by molar-refractivity contribution is -0.151. The van der Waals surface area contributed by atoms with E-state index in [1.54, 1.807) is 39.6 Å². The molecule has 4 rings (SSSR count). The highest BCUT2D eigenvalue weighted by Crippen LogP contribution is 2.55. The molecule has 0 fully saturated rings. The fraction of sp³-hybridized carbons (Fsp3) is 0.630. The van der Waals surface area contributed by atoms with Crippen molar-refractivity contribution in [2.45, 2.75) is 75.8 Å². The second-order valence-corrected chi connectivity index (χ2v) is 11.8. The average Bonchev–Trinajstić information content (AvgIpc) is 3.06. The summed E-state index contributed by atoms with van der Waals surface area (Å²) < 4.78 is 23.4. The Balaban J connectivity index is 1.52. The Morgan fingerprint density at radius 1 is 1.33 bits per heavy atom. The minimum atomic E-state index is -0.781. The summed E-state index contributed by atoms with van der Waals surface area (Å²) in [5.41, 5.74) is 1.51. The van der Waals surface area contributed by atoms with Crippen molar-refractivity contribution in [3.8, 4) is 11.5 Å². The van der Waals surface area contributed by atoms with Gasteiger partial charge in [0, 0.05) is 18.5 Å². The highest BCUT2D eigenvalue weighted by atomic mass is 32.2. The Kier molecular flexibility index (Phi) is 7.80. The van der Waals surface area contributed by atoms with E-state index in [1.807, 2.05) is 18.4 Å². The third-order valence-corrected chi connectivity index (χ3v) is 7.63. The molecule has 2 aliphatic heterocycles. The third-order valence-electron chi connectivity index (χ3n) is 6.98. The minimum absolute atomic E-state index is 0.166. The van der Waals surface area contributed by atoms with Crippen molar-refractivity contribution in [1.29, 1.82) is 0 Å².